The molecule has 1 saturated heterocycles. The maximum Gasteiger partial charge on any atom is 0.227 e. The van der Waals surface area contributed by atoms with E-state index in [1.165, 1.54) is 0 Å². The Hall–Kier alpha value is -0.950. The number of nitrogens with zero attached hydrogens (tertiary/aromatic N) is 2. The van der Waals surface area contributed by atoms with Crippen molar-refractivity contribution in [3.63, 3.8) is 0 Å². The third kappa shape index (κ3) is 2.59. The van der Waals surface area contributed by atoms with Gasteiger partial charge in [0.2, 0.25) is 5.89 Å². The van der Waals surface area contributed by atoms with Gasteiger partial charge in [0, 0.05) is 18.9 Å². The summed E-state index contributed by atoms with van der Waals surface area (Å²) < 4.78 is 27.5. The van der Waals surface area contributed by atoms with Gasteiger partial charge in [-0.3, -0.25) is 0 Å². The lowest BCUT2D eigenvalue weighted by Crippen LogP contribution is -2.22. The van der Waals surface area contributed by atoms with Crippen LogP contribution < -0.4 is 5.73 Å². The van der Waals surface area contributed by atoms with Crippen LogP contribution in [0.25, 0.3) is 0 Å². The number of hydrogen-bond donors (Lipinski definition) is 1. The van der Waals surface area contributed by atoms with Gasteiger partial charge in [-0.2, -0.15) is 4.98 Å². The largest absolute Gasteiger partial charge is 0.339 e. The first-order chi connectivity index (χ1) is 7.61. The molecule has 90 valence electrons. The summed E-state index contributed by atoms with van der Waals surface area (Å²) in [6, 6.07) is 0. The maximum absolute atomic E-state index is 11.3. The highest BCUT2D eigenvalue weighted by Crippen LogP contribution is 2.26. The molecule has 2 heterocycles. The molecular formula is C9H15N3O3S. The summed E-state index contributed by atoms with van der Waals surface area (Å²) in [7, 11) is -2.83. The number of rotatable bonds is 3. The molecule has 1 aromatic heterocycles. The minimum Gasteiger partial charge on any atom is -0.339 e. The van der Waals surface area contributed by atoms with E-state index in [9.17, 15) is 8.42 Å². The van der Waals surface area contributed by atoms with Gasteiger partial charge >= 0.3 is 0 Å². The molecular weight excluding hydrogens is 230 g/mol. The van der Waals surface area contributed by atoms with Crippen LogP contribution in [-0.4, -0.2) is 36.6 Å². The highest BCUT2D eigenvalue weighted by atomic mass is 32.2. The minimum absolute atomic E-state index is 0.110. The summed E-state index contributed by atoms with van der Waals surface area (Å²) >= 11 is 0. The van der Waals surface area contributed by atoms with E-state index >= 15 is 0 Å². The van der Waals surface area contributed by atoms with Crippen molar-refractivity contribution < 1.29 is 12.9 Å². The van der Waals surface area contributed by atoms with Gasteiger partial charge in [0.1, 0.15) is 9.84 Å². The van der Waals surface area contributed by atoms with E-state index in [0.717, 1.165) is 0 Å². The number of aromatic nitrogens is 2. The summed E-state index contributed by atoms with van der Waals surface area (Å²) in [5.74, 6) is 1.71. The zero-order chi connectivity index (χ0) is 11.6. The van der Waals surface area contributed by atoms with Crippen LogP contribution in [-0.2, 0) is 16.3 Å². The molecule has 1 aliphatic heterocycles. The predicted molar refractivity (Wildman–Crippen MR) is 57.7 cm³/mol. The van der Waals surface area contributed by atoms with Crippen molar-refractivity contribution in [2.75, 3.05) is 18.1 Å². The van der Waals surface area contributed by atoms with Crippen LogP contribution in [0.5, 0.6) is 0 Å². The van der Waals surface area contributed by atoms with Crippen LogP contribution in [0, 0.1) is 0 Å². The van der Waals surface area contributed by atoms with Crippen LogP contribution in [0.2, 0.25) is 0 Å². The summed E-state index contributed by atoms with van der Waals surface area (Å²) in [4.78, 5) is 4.22. The average Bonchev–Trinajstić information content (AvgIpc) is 2.67. The fourth-order valence-corrected chi connectivity index (χ4v) is 3.30. The van der Waals surface area contributed by atoms with Crippen molar-refractivity contribution in [2.45, 2.75) is 25.2 Å². The quantitative estimate of drug-likeness (QED) is 0.796. The molecule has 0 aliphatic carbocycles. The highest BCUT2D eigenvalue weighted by Gasteiger charge is 2.27. The molecule has 0 atom stereocenters. The molecule has 16 heavy (non-hydrogen) atoms. The van der Waals surface area contributed by atoms with Crippen molar-refractivity contribution in [1.29, 1.82) is 0 Å². The molecule has 0 bridgehead atoms. The van der Waals surface area contributed by atoms with Gasteiger partial charge in [-0.25, -0.2) is 8.42 Å². The Morgan fingerprint density at radius 2 is 2.06 bits per heavy atom. The molecule has 1 aromatic rings. The standard InChI is InChI=1S/C9H15N3O3S/c10-4-1-8-11-9(12-15-8)7-2-5-16(13,14)6-3-7/h7H,1-6,10H2. The van der Waals surface area contributed by atoms with Crippen molar-refractivity contribution in [2.24, 2.45) is 5.73 Å². The zero-order valence-corrected chi connectivity index (χ0v) is 9.74. The normalized spacial score (nSPS) is 21.1. The summed E-state index contributed by atoms with van der Waals surface area (Å²) in [5, 5.41) is 3.87. The van der Waals surface area contributed by atoms with Gasteiger partial charge in [-0.15, -0.1) is 0 Å². The average molecular weight is 245 g/mol. The Labute approximate surface area is 94.1 Å². The molecule has 2 rings (SSSR count). The lowest BCUT2D eigenvalue weighted by molar-refractivity contribution is 0.368. The summed E-state index contributed by atoms with van der Waals surface area (Å²) in [6.45, 7) is 0.473. The smallest absolute Gasteiger partial charge is 0.227 e. The molecule has 0 radical (unpaired) electrons. The highest BCUT2D eigenvalue weighted by molar-refractivity contribution is 7.91. The number of sulfone groups is 1. The Morgan fingerprint density at radius 1 is 1.38 bits per heavy atom. The van der Waals surface area contributed by atoms with Crippen LogP contribution in [0.15, 0.2) is 4.52 Å². The third-order valence-electron chi connectivity index (χ3n) is 2.76. The van der Waals surface area contributed by atoms with E-state index < -0.39 is 9.84 Å². The van der Waals surface area contributed by atoms with Crippen molar-refractivity contribution in [1.82, 2.24) is 10.1 Å². The lowest BCUT2D eigenvalue weighted by Gasteiger charge is -2.18. The van der Waals surface area contributed by atoms with E-state index in [1.54, 1.807) is 0 Å². The second-order valence-corrected chi connectivity index (χ2v) is 6.31. The fraction of sp³-hybridized carbons (Fsp3) is 0.778. The van der Waals surface area contributed by atoms with Crippen LogP contribution in [0.3, 0.4) is 0 Å². The van der Waals surface area contributed by atoms with Gasteiger partial charge in [-0.1, -0.05) is 5.16 Å². The fourth-order valence-electron chi connectivity index (χ4n) is 1.81. The van der Waals surface area contributed by atoms with Crippen LogP contribution in [0.1, 0.15) is 30.5 Å². The van der Waals surface area contributed by atoms with E-state index in [-0.39, 0.29) is 17.4 Å². The molecule has 0 aromatic carbocycles. The second-order valence-electron chi connectivity index (χ2n) is 4.01. The Morgan fingerprint density at radius 3 is 2.69 bits per heavy atom. The van der Waals surface area contributed by atoms with Gasteiger partial charge in [0.15, 0.2) is 5.82 Å². The minimum atomic E-state index is -2.83. The monoisotopic (exact) mass is 245 g/mol. The van der Waals surface area contributed by atoms with E-state index in [2.05, 4.69) is 10.1 Å². The van der Waals surface area contributed by atoms with Gasteiger partial charge in [0.25, 0.3) is 0 Å². The Balaban J connectivity index is 2.02. The van der Waals surface area contributed by atoms with Crippen molar-refractivity contribution in [3.05, 3.63) is 11.7 Å². The van der Waals surface area contributed by atoms with Crippen molar-refractivity contribution in [3.8, 4) is 0 Å². The molecule has 0 saturated carbocycles. The molecule has 0 spiro atoms. The van der Waals surface area contributed by atoms with E-state index in [1.807, 2.05) is 0 Å². The predicted octanol–water partition coefficient (Wildman–Crippen LogP) is -0.137. The molecule has 6 nitrogen and oxygen atoms in total. The van der Waals surface area contributed by atoms with Crippen LogP contribution >= 0.6 is 0 Å². The molecule has 1 aliphatic rings. The second kappa shape index (κ2) is 4.50. The van der Waals surface area contributed by atoms with Crippen LogP contribution in [0.4, 0.5) is 0 Å². The molecule has 0 unspecified atom stereocenters. The zero-order valence-electron chi connectivity index (χ0n) is 8.92. The van der Waals surface area contributed by atoms with Gasteiger partial charge < -0.3 is 10.3 Å². The molecule has 0 amide bonds. The molecule has 2 N–H and O–H groups in total. The van der Waals surface area contributed by atoms with E-state index in [0.29, 0.717) is 37.5 Å². The summed E-state index contributed by atoms with van der Waals surface area (Å²) in [5.41, 5.74) is 5.38. The van der Waals surface area contributed by atoms with Crippen molar-refractivity contribution >= 4 is 9.84 Å². The third-order valence-corrected chi connectivity index (χ3v) is 4.48. The van der Waals surface area contributed by atoms with Gasteiger partial charge in [0.05, 0.1) is 11.5 Å². The Kier molecular flexibility index (Phi) is 3.25. The van der Waals surface area contributed by atoms with E-state index in [4.69, 9.17) is 10.3 Å². The maximum atomic E-state index is 11.3. The first kappa shape index (κ1) is 11.5. The first-order valence-electron chi connectivity index (χ1n) is 5.34. The summed E-state index contributed by atoms with van der Waals surface area (Å²) in [6.07, 6.45) is 1.74. The molecule has 1 fully saturated rings. The topological polar surface area (TPSA) is 99.1 Å². The van der Waals surface area contributed by atoms with Gasteiger partial charge in [-0.05, 0) is 12.8 Å². The number of hydrogen-bond acceptors (Lipinski definition) is 6. The lowest BCUT2D eigenvalue weighted by atomic mass is 10.0. The SMILES string of the molecule is NCCc1nc(C2CCS(=O)(=O)CC2)no1. The first-order valence-corrected chi connectivity index (χ1v) is 7.16. The molecule has 7 heteroatoms. The number of nitrogens with two attached hydrogens (primary N) is 1. The Bertz CT molecular complexity index is 440.